The van der Waals surface area contributed by atoms with Crippen molar-refractivity contribution in [3.63, 3.8) is 0 Å². The molecule has 0 spiro atoms. The van der Waals surface area contributed by atoms with Gasteiger partial charge >= 0.3 is 0 Å². The number of hydrogen-bond donors (Lipinski definition) is 3. The fourth-order valence-corrected chi connectivity index (χ4v) is 2.03. The minimum absolute atomic E-state index is 0.692. The first-order valence-electron chi connectivity index (χ1n) is 5.00. The van der Waals surface area contributed by atoms with Crippen molar-refractivity contribution in [2.45, 2.75) is 18.4 Å². The maximum atomic E-state index is 10.4. The molecule has 76 valence electrons. The van der Waals surface area contributed by atoms with Crippen molar-refractivity contribution in [3.05, 3.63) is 29.8 Å². The summed E-state index contributed by atoms with van der Waals surface area (Å²) in [6.45, 7) is 1.70. The van der Waals surface area contributed by atoms with Crippen LogP contribution in [0.1, 0.15) is 18.4 Å². The maximum absolute atomic E-state index is 10.4. The van der Waals surface area contributed by atoms with Crippen molar-refractivity contribution < 1.29 is 5.11 Å². The number of anilines is 1. The molecule has 3 heteroatoms. The largest absolute Gasteiger partial charge is 0.398 e. The average molecular weight is 192 g/mol. The van der Waals surface area contributed by atoms with Gasteiger partial charge < -0.3 is 16.2 Å². The van der Waals surface area contributed by atoms with E-state index in [1.54, 1.807) is 0 Å². The lowest BCUT2D eigenvalue weighted by atomic mass is 9.84. The molecular formula is C11H16N2O. The average Bonchev–Trinajstić information content (AvgIpc) is 2.19. The molecule has 3 nitrogen and oxygen atoms in total. The fourth-order valence-electron chi connectivity index (χ4n) is 2.03. The third-order valence-electron chi connectivity index (χ3n) is 2.89. The second-order valence-electron chi connectivity index (χ2n) is 3.87. The van der Waals surface area contributed by atoms with Crippen LogP contribution in [0.4, 0.5) is 5.69 Å². The summed E-state index contributed by atoms with van der Waals surface area (Å²) in [5, 5.41) is 13.6. The van der Waals surface area contributed by atoms with Crippen molar-refractivity contribution in [2.24, 2.45) is 0 Å². The van der Waals surface area contributed by atoms with Crippen LogP contribution in [0.3, 0.4) is 0 Å². The molecule has 1 fully saturated rings. The van der Waals surface area contributed by atoms with Gasteiger partial charge in [0.2, 0.25) is 0 Å². The number of nitrogen functional groups attached to an aromatic ring is 1. The van der Waals surface area contributed by atoms with Crippen LogP contribution in [-0.2, 0) is 5.60 Å². The summed E-state index contributed by atoms with van der Waals surface area (Å²) in [6, 6.07) is 7.57. The first-order chi connectivity index (χ1) is 6.72. The molecule has 2 rings (SSSR count). The summed E-state index contributed by atoms with van der Waals surface area (Å²) in [4.78, 5) is 0. The summed E-state index contributed by atoms with van der Waals surface area (Å²) in [5.41, 5.74) is 6.70. The quantitative estimate of drug-likeness (QED) is 0.578. The van der Waals surface area contributed by atoms with E-state index in [4.69, 9.17) is 5.73 Å². The highest BCUT2D eigenvalue weighted by molar-refractivity contribution is 5.49. The lowest BCUT2D eigenvalue weighted by Crippen LogP contribution is -2.40. The Balaban J connectivity index is 2.32. The first-order valence-corrected chi connectivity index (χ1v) is 5.00. The topological polar surface area (TPSA) is 58.3 Å². The Labute approximate surface area is 83.9 Å². The Morgan fingerprint density at radius 1 is 1.21 bits per heavy atom. The van der Waals surface area contributed by atoms with Gasteiger partial charge in [0.25, 0.3) is 0 Å². The maximum Gasteiger partial charge on any atom is 0.0940 e. The van der Waals surface area contributed by atoms with Crippen LogP contribution in [0.5, 0.6) is 0 Å². The Hall–Kier alpha value is -1.06. The first kappa shape index (κ1) is 9.49. The van der Waals surface area contributed by atoms with Crippen LogP contribution in [0, 0.1) is 0 Å². The zero-order valence-electron chi connectivity index (χ0n) is 8.16. The molecule has 4 N–H and O–H groups in total. The van der Waals surface area contributed by atoms with Gasteiger partial charge in [0.15, 0.2) is 0 Å². The molecule has 0 unspecified atom stereocenters. The Bertz CT molecular complexity index is 319. The Morgan fingerprint density at radius 2 is 1.86 bits per heavy atom. The van der Waals surface area contributed by atoms with Gasteiger partial charge in [0.1, 0.15) is 0 Å². The molecule has 1 aromatic carbocycles. The normalized spacial score (nSPS) is 20.6. The fraction of sp³-hybridized carbons (Fsp3) is 0.455. The van der Waals surface area contributed by atoms with Gasteiger partial charge in [-0.15, -0.1) is 0 Å². The van der Waals surface area contributed by atoms with Crippen molar-refractivity contribution >= 4 is 5.69 Å². The highest BCUT2D eigenvalue weighted by Gasteiger charge is 2.32. The van der Waals surface area contributed by atoms with Crippen LogP contribution in [0.2, 0.25) is 0 Å². The number of aliphatic hydroxyl groups is 1. The zero-order chi connectivity index (χ0) is 10.0. The monoisotopic (exact) mass is 192 g/mol. The number of piperidine rings is 1. The summed E-state index contributed by atoms with van der Waals surface area (Å²) >= 11 is 0. The molecule has 0 amide bonds. The molecule has 1 aliphatic rings. The second kappa shape index (κ2) is 3.59. The molecule has 0 aromatic heterocycles. The Kier molecular flexibility index (Phi) is 2.44. The highest BCUT2D eigenvalue weighted by atomic mass is 16.3. The van der Waals surface area contributed by atoms with E-state index in [-0.39, 0.29) is 0 Å². The van der Waals surface area contributed by atoms with Gasteiger partial charge in [-0.05, 0) is 32.0 Å². The van der Waals surface area contributed by atoms with E-state index in [1.807, 2.05) is 24.3 Å². The molecule has 14 heavy (non-hydrogen) atoms. The number of nitrogens with one attached hydrogen (secondary N) is 1. The minimum atomic E-state index is -0.726. The van der Waals surface area contributed by atoms with Crippen LogP contribution in [0.15, 0.2) is 24.3 Å². The predicted octanol–water partition coefficient (Wildman–Crippen LogP) is 0.840. The predicted molar refractivity (Wildman–Crippen MR) is 56.9 cm³/mol. The number of hydrogen-bond acceptors (Lipinski definition) is 3. The third kappa shape index (κ3) is 1.61. The smallest absolute Gasteiger partial charge is 0.0940 e. The van der Waals surface area contributed by atoms with Gasteiger partial charge in [-0.1, -0.05) is 18.2 Å². The summed E-state index contributed by atoms with van der Waals surface area (Å²) in [7, 11) is 0. The lowest BCUT2D eigenvalue weighted by molar-refractivity contribution is 0.00666. The SMILES string of the molecule is Nc1ccccc1C1(O)CCNCC1. The van der Waals surface area contributed by atoms with Crippen LogP contribution >= 0.6 is 0 Å². The number of nitrogens with two attached hydrogens (primary N) is 1. The second-order valence-corrected chi connectivity index (χ2v) is 3.87. The summed E-state index contributed by atoms with van der Waals surface area (Å²) in [5.74, 6) is 0. The van der Waals surface area contributed by atoms with Gasteiger partial charge in [-0.2, -0.15) is 0 Å². The molecule has 1 aromatic rings. The van der Waals surface area contributed by atoms with Gasteiger partial charge in [0.05, 0.1) is 5.60 Å². The van der Waals surface area contributed by atoms with Crippen LogP contribution in [0.25, 0.3) is 0 Å². The minimum Gasteiger partial charge on any atom is -0.398 e. The van der Waals surface area contributed by atoms with Crippen LogP contribution < -0.4 is 11.1 Å². The molecule has 1 heterocycles. The molecule has 0 atom stereocenters. The molecule has 1 aliphatic heterocycles. The van der Waals surface area contributed by atoms with E-state index < -0.39 is 5.60 Å². The van der Waals surface area contributed by atoms with E-state index in [2.05, 4.69) is 5.32 Å². The number of para-hydroxylation sites is 1. The highest BCUT2D eigenvalue weighted by Crippen LogP contribution is 2.33. The van der Waals surface area contributed by atoms with E-state index in [9.17, 15) is 5.11 Å². The lowest BCUT2D eigenvalue weighted by Gasteiger charge is -2.33. The van der Waals surface area contributed by atoms with Gasteiger partial charge in [0, 0.05) is 11.3 Å². The van der Waals surface area contributed by atoms with Crippen LogP contribution in [-0.4, -0.2) is 18.2 Å². The van der Waals surface area contributed by atoms with Crippen molar-refractivity contribution in [3.8, 4) is 0 Å². The molecule has 1 saturated heterocycles. The summed E-state index contributed by atoms with van der Waals surface area (Å²) < 4.78 is 0. The third-order valence-corrected chi connectivity index (χ3v) is 2.89. The standard InChI is InChI=1S/C11H16N2O/c12-10-4-2-1-3-9(10)11(14)5-7-13-8-6-11/h1-4,13-14H,5-8,12H2. The van der Waals surface area contributed by atoms with E-state index in [0.717, 1.165) is 31.5 Å². The summed E-state index contributed by atoms with van der Waals surface area (Å²) in [6.07, 6.45) is 1.47. The molecule has 0 saturated carbocycles. The van der Waals surface area contributed by atoms with Gasteiger partial charge in [-0.3, -0.25) is 0 Å². The van der Waals surface area contributed by atoms with E-state index >= 15 is 0 Å². The van der Waals surface area contributed by atoms with Crippen molar-refractivity contribution in [1.29, 1.82) is 0 Å². The number of rotatable bonds is 1. The van der Waals surface area contributed by atoms with Crippen molar-refractivity contribution in [1.82, 2.24) is 5.32 Å². The Morgan fingerprint density at radius 3 is 2.50 bits per heavy atom. The molecule has 0 bridgehead atoms. The van der Waals surface area contributed by atoms with Crippen molar-refractivity contribution in [2.75, 3.05) is 18.8 Å². The van der Waals surface area contributed by atoms with E-state index in [0.29, 0.717) is 5.69 Å². The zero-order valence-corrected chi connectivity index (χ0v) is 8.16. The van der Waals surface area contributed by atoms with Gasteiger partial charge in [-0.25, -0.2) is 0 Å². The molecular weight excluding hydrogens is 176 g/mol. The van der Waals surface area contributed by atoms with E-state index in [1.165, 1.54) is 0 Å². The number of benzene rings is 1. The molecule has 0 radical (unpaired) electrons. The molecule has 0 aliphatic carbocycles.